The quantitative estimate of drug-likeness (QED) is 0.605. The van der Waals surface area contributed by atoms with Crippen LogP contribution < -0.4 is 0 Å². The van der Waals surface area contributed by atoms with Crippen molar-refractivity contribution >= 4 is 33.0 Å². The van der Waals surface area contributed by atoms with Crippen molar-refractivity contribution in [3.05, 3.63) is 34.8 Å². The molecule has 1 rings (SSSR count). The van der Waals surface area contributed by atoms with Crippen LogP contribution in [0.5, 0.6) is 0 Å². The summed E-state index contributed by atoms with van der Waals surface area (Å²) in [5, 5.41) is 0. The van der Waals surface area contributed by atoms with E-state index in [9.17, 15) is 0 Å². The Morgan fingerprint density at radius 3 is 1.75 bits per heavy atom. The number of hydrogen-bond acceptors (Lipinski definition) is 0. The molecule has 0 saturated carbocycles. The number of hydrogen-bond donors (Lipinski definition) is 0. The van der Waals surface area contributed by atoms with Gasteiger partial charge in [-0.3, -0.25) is 0 Å². The molecule has 0 atom stereocenters. The Balaban J connectivity index is 0.000000490. The molecule has 0 aliphatic carbocycles. The van der Waals surface area contributed by atoms with Gasteiger partial charge in [0.1, 0.15) is 0 Å². The molecule has 0 heterocycles. The minimum Gasteiger partial charge on any atom is -0.0622 e. The zero-order valence-corrected chi connectivity index (χ0v) is 7.47. The molecular weight excluding hydrogens is 231 g/mol. The molecule has 0 amide bonds. The Kier molecular flexibility index (Phi) is 4.25. The average molecular weight is 236 g/mol. The van der Waals surface area contributed by atoms with Crippen LogP contribution in [0.25, 0.3) is 0 Å². The van der Waals surface area contributed by atoms with Crippen molar-refractivity contribution in [1.29, 1.82) is 0 Å². The maximum atomic E-state index is 3.31. The Hall–Kier alpha value is 0.219. The summed E-state index contributed by atoms with van der Waals surface area (Å²) < 4.78 is 1.13. The first-order valence-corrected chi connectivity index (χ1v) is 2.89. The summed E-state index contributed by atoms with van der Waals surface area (Å²) in [5.41, 5.74) is 0. The molecule has 0 aromatic heterocycles. The first-order valence-electron chi connectivity index (χ1n) is 2.10. The molecule has 0 saturated heterocycles. The second kappa shape index (κ2) is 4.13. The van der Waals surface area contributed by atoms with Gasteiger partial charge in [-0.15, -0.1) is 0 Å². The topological polar surface area (TPSA) is 0 Å². The average Bonchev–Trinajstić information content (AvgIpc) is 1.69. The van der Waals surface area contributed by atoms with Gasteiger partial charge in [-0.25, -0.2) is 0 Å². The third kappa shape index (κ3) is 2.51. The van der Waals surface area contributed by atoms with Gasteiger partial charge in [0.05, 0.1) is 0 Å². The molecule has 2 radical (unpaired) electrons. The predicted molar refractivity (Wildman–Crippen MR) is 39.9 cm³/mol. The maximum Gasteiger partial charge on any atom is 0.0175 e. The van der Waals surface area contributed by atoms with Crippen molar-refractivity contribution in [3.8, 4) is 0 Å². The van der Waals surface area contributed by atoms with E-state index in [4.69, 9.17) is 0 Å². The number of benzene rings is 1. The largest absolute Gasteiger partial charge is 0.0622 e. The molecule has 0 aliphatic rings. The minimum absolute atomic E-state index is 0. The van der Waals surface area contributed by atoms with Gasteiger partial charge in [0.25, 0.3) is 0 Å². The van der Waals surface area contributed by atoms with Crippen LogP contribution in [0, 0.1) is 0 Å². The maximum absolute atomic E-state index is 3.31. The normalized spacial score (nSPS) is 7.62. The van der Waals surface area contributed by atoms with Crippen molar-refractivity contribution in [3.63, 3.8) is 0 Å². The van der Waals surface area contributed by atoms with Gasteiger partial charge in [-0.05, 0) is 12.1 Å². The van der Waals surface area contributed by atoms with Gasteiger partial charge in [0, 0.05) is 21.5 Å². The zero-order valence-electron chi connectivity index (χ0n) is 4.17. The molecule has 0 N–H and O–H groups in total. The summed E-state index contributed by atoms with van der Waals surface area (Å²) in [6.07, 6.45) is 0. The molecule has 0 bridgehead atoms. The molecule has 2 heteroatoms. The fourth-order valence-corrected chi connectivity index (χ4v) is 0.720. The third-order valence-corrected chi connectivity index (χ3v) is 1.26. The van der Waals surface area contributed by atoms with Gasteiger partial charge in [-0.2, -0.15) is 0 Å². The summed E-state index contributed by atoms with van der Waals surface area (Å²) >= 11 is 3.31. The van der Waals surface area contributed by atoms with Crippen molar-refractivity contribution in [2.75, 3.05) is 0 Å². The second-order valence-corrected chi connectivity index (χ2v) is 2.21. The molecule has 0 spiro atoms. The molecular formula is C6H5BrSe. The Bertz CT molecular complexity index is 138. The van der Waals surface area contributed by atoms with E-state index in [0.717, 1.165) is 4.47 Å². The van der Waals surface area contributed by atoms with Crippen LogP contribution in [0.15, 0.2) is 34.8 Å². The van der Waals surface area contributed by atoms with Gasteiger partial charge in [0.15, 0.2) is 0 Å². The fraction of sp³-hybridized carbons (Fsp3) is 0. The summed E-state index contributed by atoms with van der Waals surface area (Å²) in [6, 6.07) is 9.97. The van der Waals surface area contributed by atoms with E-state index in [2.05, 4.69) is 15.9 Å². The second-order valence-electron chi connectivity index (χ2n) is 1.30. The van der Waals surface area contributed by atoms with Crippen LogP contribution >= 0.6 is 15.9 Å². The summed E-state index contributed by atoms with van der Waals surface area (Å²) in [6.45, 7) is 0. The van der Waals surface area contributed by atoms with Gasteiger partial charge >= 0.3 is 0 Å². The Labute approximate surface area is 67.9 Å². The van der Waals surface area contributed by atoms with E-state index in [1.807, 2.05) is 30.3 Å². The SMILES string of the molecule is Brc1ccccc1.[Se]. The molecule has 0 fully saturated rings. The number of rotatable bonds is 0. The molecule has 0 nitrogen and oxygen atoms in total. The molecule has 1 aromatic rings. The third-order valence-electron chi connectivity index (χ3n) is 0.733. The predicted octanol–water partition coefficient (Wildman–Crippen LogP) is 2.07. The summed E-state index contributed by atoms with van der Waals surface area (Å²) in [7, 11) is 0. The Morgan fingerprint density at radius 1 is 1.00 bits per heavy atom. The van der Waals surface area contributed by atoms with E-state index in [-0.39, 0.29) is 17.1 Å². The van der Waals surface area contributed by atoms with Crippen molar-refractivity contribution in [2.45, 2.75) is 0 Å². The fourth-order valence-electron chi connectivity index (χ4n) is 0.415. The van der Waals surface area contributed by atoms with Crippen molar-refractivity contribution < 1.29 is 0 Å². The molecule has 8 heavy (non-hydrogen) atoms. The Morgan fingerprint density at radius 2 is 1.50 bits per heavy atom. The van der Waals surface area contributed by atoms with E-state index in [1.54, 1.807) is 0 Å². The standard InChI is InChI=1S/C6H5Br.Se/c7-6-4-2-1-3-5-6;/h1-5H;. The van der Waals surface area contributed by atoms with Crippen LogP contribution in [0.4, 0.5) is 0 Å². The van der Waals surface area contributed by atoms with Gasteiger partial charge in [0.2, 0.25) is 0 Å². The minimum atomic E-state index is 0. The van der Waals surface area contributed by atoms with Crippen molar-refractivity contribution in [1.82, 2.24) is 0 Å². The zero-order chi connectivity index (χ0) is 5.11. The summed E-state index contributed by atoms with van der Waals surface area (Å²) in [5.74, 6) is 0. The van der Waals surface area contributed by atoms with E-state index in [0.29, 0.717) is 0 Å². The van der Waals surface area contributed by atoms with Crippen LogP contribution in [-0.2, 0) is 0 Å². The van der Waals surface area contributed by atoms with Crippen molar-refractivity contribution in [2.24, 2.45) is 0 Å². The first kappa shape index (κ1) is 8.22. The molecule has 42 valence electrons. The van der Waals surface area contributed by atoms with Crippen LogP contribution in [-0.4, -0.2) is 17.1 Å². The van der Waals surface area contributed by atoms with Crippen LogP contribution in [0.2, 0.25) is 0 Å². The number of halogens is 1. The van der Waals surface area contributed by atoms with Gasteiger partial charge in [-0.1, -0.05) is 34.1 Å². The summed E-state index contributed by atoms with van der Waals surface area (Å²) in [4.78, 5) is 0. The molecule has 1 aromatic carbocycles. The smallest absolute Gasteiger partial charge is 0.0175 e. The van der Waals surface area contributed by atoms with Crippen LogP contribution in [0.1, 0.15) is 0 Å². The van der Waals surface area contributed by atoms with E-state index in [1.165, 1.54) is 0 Å². The van der Waals surface area contributed by atoms with Crippen LogP contribution in [0.3, 0.4) is 0 Å². The monoisotopic (exact) mass is 236 g/mol. The first-order chi connectivity index (χ1) is 3.39. The molecule has 0 aliphatic heterocycles. The van der Waals surface area contributed by atoms with E-state index < -0.39 is 0 Å². The van der Waals surface area contributed by atoms with Gasteiger partial charge < -0.3 is 0 Å². The molecule has 0 unspecified atom stereocenters. The van der Waals surface area contributed by atoms with E-state index >= 15 is 0 Å².